The van der Waals surface area contributed by atoms with Gasteiger partial charge in [0.1, 0.15) is 5.54 Å². The lowest BCUT2D eigenvalue weighted by Gasteiger charge is -2.25. The van der Waals surface area contributed by atoms with Crippen LogP contribution in [-0.2, 0) is 4.74 Å². The lowest BCUT2D eigenvalue weighted by molar-refractivity contribution is 0.0371. The lowest BCUT2D eigenvalue weighted by atomic mass is 9.98. The average Bonchev–Trinajstić information content (AvgIpc) is 2.58. The highest BCUT2D eigenvalue weighted by atomic mass is 16.5. The number of hydrogen-bond donors (Lipinski definition) is 1. The van der Waals surface area contributed by atoms with E-state index in [1.165, 1.54) is 0 Å². The molecule has 1 aliphatic rings. The summed E-state index contributed by atoms with van der Waals surface area (Å²) in [5.41, 5.74) is -0.351. The molecule has 0 radical (unpaired) electrons. The molecule has 0 amide bonds. The predicted octanol–water partition coefficient (Wildman–Crippen LogP) is 2.47. The number of ether oxygens (including phenoxy) is 1. The first-order valence-corrected chi connectivity index (χ1v) is 6.28. The molecule has 1 rings (SSSR count). The molecule has 0 aromatic rings. The van der Waals surface area contributed by atoms with Gasteiger partial charge in [-0.1, -0.05) is 13.8 Å². The summed E-state index contributed by atoms with van der Waals surface area (Å²) in [6, 6.07) is 2.79. The van der Waals surface area contributed by atoms with Gasteiger partial charge in [0.2, 0.25) is 0 Å². The van der Waals surface area contributed by atoms with Crippen LogP contribution in [0.4, 0.5) is 0 Å². The van der Waals surface area contributed by atoms with Gasteiger partial charge in [0.25, 0.3) is 0 Å². The highest BCUT2D eigenvalue weighted by molar-refractivity contribution is 5.12. The molecular weight excluding hydrogens is 200 g/mol. The number of rotatable bonds is 5. The van der Waals surface area contributed by atoms with Crippen LogP contribution in [-0.4, -0.2) is 24.3 Å². The fourth-order valence-electron chi connectivity index (χ4n) is 2.29. The Hall–Kier alpha value is -0.590. The second-order valence-electron chi connectivity index (χ2n) is 5.58. The van der Waals surface area contributed by atoms with Crippen molar-refractivity contribution in [3.63, 3.8) is 0 Å². The Balaban J connectivity index is 2.45. The first kappa shape index (κ1) is 13.5. The van der Waals surface area contributed by atoms with Gasteiger partial charge >= 0.3 is 0 Å². The van der Waals surface area contributed by atoms with Crippen molar-refractivity contribution in [2.75, 3.05) is 6.61 Å². The van der Waals surface area contributed by atoms with Crippen LogP contribution in [0, 0.1) is 17.2 Å². The molecule has 0 heterocycles. The van der Waals surface area contributed by atoms with Crippen LogP contribution in [0.1, 0.15) is 47.0 Å². The number of nitrogens with one attached hydrogen (secondary N) is 1. The monoisotopic (exact) mass is 224 g/mol. The van der Waals surface area contributed by atoms with E-state index in [2.05, 4.69) is 39.1 Å². The van der Waals surface area contributed by atoms with Gasteiger partial charge in [-0.15, -0.1) is 0 Å². The third-order valence-corrected chi connectivity index (χ3v) is 2.91. The van der Waals surface area contributed by atoms with Gasteiger partial charge < -0.3 is 4.74 Å². The van der Waals surface area contributed by atoms with Crippen molar-refractivity contribution < 1.29 is 4.74 Å². The van der Waals surface area contributed by atoms with Crippen LogP contribution < -0.4 is 5.32 Å². The minimum absolute atomic E-state index is 0.258. The molecule has 1 saturated carbocycles. The molecule has 1 N–H and O–H groups in total. The van der Waals surface area contributed by atoms with Crippen LogP contribution in [0.5, 0.6) is 0 Å². The maximum Gasteiger partial charge on any atom is 0.109 e. The standard InChI is InChI=1S/C13H24N2O/c1-10(2)8-16-12-5-6-13(7-12,9-14)15-11(3)4/h10-12,15H,5-8H2,1-4H3. The Kier molecular flexibility index (Phi) is 4.76. The van der Waals surface area contributed by atoms with E-state index < -0.39 is 0 Å². The second kappa shape index (κ2) is 5.65. The number of nitrogens with zero attached hydrogens (tertiary/aromatic N) is 1. The fourth-order valence-corrected chi connectivity index (χ4v) is 2.29. The van der Waals surface area contributed by atoms with Crippen LogP contribution in [0.25, 0.3) is 0 Å². The van der Waals surface area contributed by atoms with E-state index in [9.17, 15) is 5.26 Å². The minimum atomic E-state index is -0.351. The molecule has 2 atom stereocenters. The topological polar surface area (TPSA) is 45.0 Å². The Morgan fingerprint density at radius 1 is 1.44 bits per heavy atom. The molecule has 0 saturated heterocycles. The first-order chi connectivity index (χ1) is 7.47. The summed E-state index contributed by atoms with van der Waals surface area (Å²) in [5.74, 6) is 0.565. The smallest absolute Gasteiger partial charge is 0.109 e. The molecule has 3 nitrogen and oxygen atoms in total. The van der Waals surface area contributed by atoms with Crippen LogP contribution in [0.15, 0.2) is 0 Å². The zero-order valence-electron chi connectivity index (χ0n) is 10.9. The molecule has 2 unspecified atom stereocenters. The Bertz CT molecular complexity index is 257. The van der Waals surface area contributed by atoms with Crippen molar-refractivity contribution in [2.24, 2.45) is 5.92 Å². The van der Waals surface area contributed by atoms with E-state index in [-0.39, 0.29) is 11.6 Å². The van der Waals surface area contributed by atoms with Gasteiger partial charge in [-0.25, -0.2) is 0 Å². The highest BCUT2D eigenvalue weighted by Crippen LogP contribution is 2.32. The van der Waals surface area contributed by atoms with Crippen molar-refractivity contribution in [3.05, 3.63) is 0 Å². The van der Waals surface area contributed by atoms with Crippen LogP contribution >= 0.6 is 0 Å². The molecule has 0 aromatic heterocycles. The fraction of sp³-hybridized carbons (Fsp3) is 0.923. The summed E-state index contributed by atoms with van der Waals surface area (Å²) in [4.78, 5) is 0. The summed E-state index contributed by atoms with van der Waals surface area (Å²) in [6.45, 7) is 9.27. The Morgan fingerprint density at radius 2 is 2.12 bits per heavy atom. The Morgan fingerprint density at radius 3 is 2.62 bits per heavy atom. The summed E-state index contributed by atoms with van der Waals surface area (Å²) >= 11 is 0. The van der Waals surface area contributed by atoms with Gasteiger partial charge in [0.05, 0.1) is 12.2 Å². The van der Waals surface area contributed by atoms with Gasteiger partial charge in [0.15, 0.2) is 0 Å². The Labute approximate surface area is 99.2 Å². The predicted molar refractivity (Wildman–Crippen MR) is 65.0 cm³/mol. The molecule has 1 fully saturated rings. The second-order valence-corrected chi connectivity index (χ2v) is 5.58. The van der Waals surface area contributed by atoms with Crippen molar-refractivity contribution in [1.29, 1.82) is 5.26 Å². The largest absolute Gasteiger partial charge is 0.378 e. The number of nitriles is 1. The van der Waals surface area contributed by atoms with E-state index in [4.69, 9.17) is 4.74 Å². The highest BCUT2D eigenvalue weighted by Gasteiger charge is 2.40. The maximum atomic E-state index is 9.29. The zero-order valence-corrected chi connectivity index (χ0v) is 10.9. The lowest BCUT2D eigenvalue weighted by Crippen LogP contribution is -2.45. The number of hydrogen-bond acceptors (Lipinski definition) is 3. The van der Waals surface area contributed by atoms with Crippen LogP contribution in [0.3, 0.4) is 0 Å². The molecular formula is C13H24N2O. The quantitative estimate of drug-likeness (QED) is 0.780. The summed E-state index contributed by atoms with van der Waals surface area (Å²) < 4.78 is 5.81. The van der Waals surface area contributed by atoms with Gasteiger partial charge in [-0.3, -0.25) is 5.32 Å². The van der Waals surface area contributed by atoms with E-state index in [0.29, 0.717) is 12.0 Å². The van der Waals surface area contributed by atoms with Gasteiger partial charge in [0, 0.05) is 19.1 Å². The molecule has 3 heteroatoms. The van der Waals surface area contributed by atoms with E-state index >= 15 is 0 Å². The SMILES string of the molecule is CC(C)COC1CCC(C#N)(NC(C)C)C1. The summed E-state index contributed by atoms with van der Waals surface area (Å²) in [6.07, 6.45) is 2.99. The van der Waals surface area contributed by atoms with Gasteiger partial charge in [-0.05, 0) is 32.6 Å². The normalized spacial score (nSPS) is 29.9. The van der Waals surface area contributed by atoms with Crippen molar-refractivity contribution in [3.8, 4) is 6.07 Å². The minimum Gasteiger partial charge on any atom is -0.378 e. The van der Waals surface area contributed by atoms with E-state index in [1.807, 2.05) is 0 Å². The first-order valence-electron chi connectivity index (χ1n) is 6.28. The molecule has 16 heavy (non-hydrogen) atoms. The molecule has 1 aliphatic carbocycles. The maximum absolute atomic E-state index is 9.29. The third-order valence-electron chi connectivity index (χ3n) is 2.91. The van der Waals surface area contributed by atoms with E-state index in [1.54, 1.807) is 0 Å². The zero-order chi connectivity index (χ0) is 12.2. The molecule has 0 spiro atoms. The summed E-state index contributed by atoms with van der Waals surface area (Å²) in [7, 11) is 0. The molecule has 0 bridgehead atoms. The van der Waals surface area contributed by atoms with Crippen molar-refractivity contribution in [2.45, 2.75) is 64.6 Å². The molecule has 0 aliphatic heterocycles. The van der Waals surface area contributed by atoms with Crippen molar-refractivity contribution in [1.82, 2.24) is 5.32 Å². The van der Waals surface area contributed by atoms with Gasteiger partial charge in [-0.2, -0.15) is 5.26 Å². The average molecular weight is 224 g/mol. The van der Waals surface area contributed by atoms with Crippen molar-refractivity contribution >= 4 is 0 Å². The summed E-state index contributed by atoms with van der Waals surface area (Å²) in [5, 5.41) is 12.7. The van der Waals surface area contributed by atoms with E-state index in [0.717, 1.165) is 25.9 Å². The third kappa shape index (κ3) is 3.77. The van der Waals surface area contributed by atoms with Crippen LogP contribution in [0.2, 0.25) is 0 Å². The molecule has 92 valence electrons. The molecule has 0 aromatic carbocycles.